The van der Waals surface area contributed by atoms with Crippen molar-refractivity contribution in [3.8, 4) is 11.5 Å². The lowest BCUT2D eigenvalue weighted by atomic mass is 10.1. The number of amides is 1. The van der Waals surface area contributed by atoms with E-state index in [9.17, 15) is 4.79 Å². The quantitative estimate of drug-likeness (QED) is 0.911. The molecule has 1 atom stereocenters. The van der Waals surface area contributed by atoms with Crippen molar-refractivity contribution in [1.82, 2.24) is 5.32 Å². The second-order valence-corrected chi connectivity index (χ2v) is 4.53. The third-order valence-corrected chi connectivity index (χ3v) is 3.05. The predicted octanol–water partition coefficient (Wildman–Crippen LogP) is 2.75. The first-order chi connectivity index (χ1) is 9.63. The molecule has 0 fully saturated rings. The molecule has 2 rings (SSSR count). The maximum absolute atomic E-state index is 11.7. The highest BCUT2D eigenvalue weighted by molar-refractivity contribution is 5.85. The van der Waals surface area contributed by atoms with E-state index in [2.05, 4.69) is 5.32 Å². The first-order valence-electron chi connectivity index (χ1n) is 6.66. The second kappa shape index (κ2) is 6.28. The molecule has 0 radical (unpaired) electrons. The third kappa shape index (κ3) is 3.20. The zero-order valence-electron chi connectivity index (χ0n) is 12.0. The average Bonchev–Trinajstić information content (AvgIpc) is 2.46. The summed E-state index contributed by atoms with van der Waals surface area (Å²) in [5.74, 6) is 1.36. The Hall–Kier alpha value is -2.23. The normalized spacial score (nSPS) is 11.9. The Morgan fingerprint density at radius 3 is 2.45 bits per heavy atom. The Balaban J connectivity index is 2.20. The van der Waals surface area contributed by atoms with Gasteiger partial charge >= 0.3 is 0 Å². The van der Waals surface area contributed by atoms with Crippen LogP contribution in [0, 0.1) is 0 Å². The van der Waals surface area contributed by atoms with E-state index in [1.54, 1.807) is 14.0 Å². The van der Waals surface area contributed by atoms with E-state index in [1.165, 1.54) is 0 Å². The molecule has 2 aromatic carbocycles. The SMILES string of the molecule is CCNC(=O)[C@@H](C)Oc1ccc2ccc(OC)cc2c1. The molecule has 1 amide bonds. The van der Waals surface area contributed by atoms with Crippen molar-refractivity contribution in [2.75, 3.05) is 13.7 Å². The average molecular weight is 273 g/mol. The number of rotatable bonds is 5. The molecule has 20 heavy (non-hydrogen) atoms. The summed E-state index contributed by atoms with van der Waals surface area (Å²) in [7, 11) is 1.64. The van der Waals surface area contributed by atoms with Gasteiger partial charge in [0.1, 0.15) is 11.5 Å². The van der Waals surface area contributed by atoms with Crippen molar-refractivity contribution in [1.29, 1.82) is 0 Å². The van der Waals surface area contributed by atoms with Crippen LogP contribution in [0.1, 0.15) is 13.8 Å². The minimum atomic E-state index is -0.516. The predicted molar refractivity (Wildman–Crippen MR) is 79.3 cm³/mol. The molecule has 0 aliphatic carbocycles. The third-order valence-electron chi connectivity index (χ3n) is 3.05. The van der Waals surface area contributed by atoms with Crippen LogP contribution in [-0.4, -0.2) is 25.7 Å². The Morgan fingerprint density at radius 2 is 1.80 bits per heavy atom. The van der Waals surface area contributed by atoms with E-state index in [1.807, 2.05) is 43.3 Å². The van der Waals surface area contributed by atoms with Crippen molar-refractivity contribution in [2.24, 2.45) is 0 Å². The summed E-state index contributed by atoms with van der Waals surface area (Å²) in [5.41, 5.74) is 0. The van der Waals surface area contributed by atoms with Gasteiger partial charge in [-0.15, -0.1) is 0 Å². The molecule has 0 unspecified atom stereocenters. The van der Waals surface area contributed by atoms with Gasteiger partial charge in [0.15, 0.2) is 6.10 Å². The fourth-order valence-corrected chi connectivity index (χ4v) is 1.98. The number of nitrogens with one attached hydrogen (secondary N) is 1. The lowest BCUT2D eigenvalue weighted by Gasteiger charge is -2.14. The molecule has 106 valence electrons. The fourth-order valence-electron chi connectivity index (χ4n) is 1.98. The van der Waals surface area contributed by atoms with Gasteiger partial charge in [-0.2, -0.15) is 0 Å². The van der Waals surface area contributed by atoms with Gasteiger partial charge in [0, 0.05) is 6.54 Å². The molecule has 4 nitrogen and oxygen atoms in total. The van der Waals surface area contributed by atoms with E-state index < -0.39 is 6.10 Å². The van der Waals surface area contributed by atoms with Gasteiger partial charge in [-0.05, 0) is 48.9 Å². The Kier molecular flexibility index (Phi) is 4.45. The van der Waals surface area contributed by atoms with Crippen LogP contribution in [0.4, 0.5) is 0 Å². The van der Waals surface area contributed by atoms with Crippen LogP contribution < -0.4 is 14.8 Å². The van der Waals surface area contributed by atoms with Crippen molar-refractivity contribution in [2.45, 2.75) is 20.0 Å². The van der Waals surface area contributed by atoms with Crippen LogP contribution in [0.3, 0.4) is 0 Å². The molecule has 0 saturated carbocycles. The van der Waals surface area contributed by atoms with E-state index >= 15 is 0 Å². The molecule has 0 spiro atoms. The molecule has 0 aliphatic rings. The molecule has 0 bridgehead atoms. The first-order valence-corrected chi connectivity index (χ1v) is 6.66. The van der Waals surface area contributed by atoms with Crippen LogP contribution in [0.2, 0.25) is 0 Å². The molecule has 2 aromatic rings. The molecular formula is C16H19NO3. The van der Waals surface area contributed by atoms with Crippen LogP contribution in [-0.2, 0) is 4.79 Å². The number of methoxy groups -OCH3 is 1. The molecule has 4 heteroatoms. The van der Waals surface area contributed by atoms with E-state index in [0.717, 1.165) is 16.5 Å². The Bertz CT molecular complexity index is 610. The zero-order chi connectivity index (χ0) is 14.5. The highest BCUT2D eigenvalue weighted by Gasteiger charge is 2.13. The minimum absolute atomic E-state index is 0.113. The summed E-state index contributed by atoms with van der Waals surface area (Å²) in [4.78, 5) is 11.7. The summed E-state index contributed by atoms with van der Waals surface area (Å²) in [5, 5.41) is 4.86. The molecule has 0 heterocycles. The molecule has 0 aromatic heterocycles. The number of fused-ring (bicyclic) bond motifs is 1. The van der Waals surface area contributed by atoms with E-state index in [-0.39, 0.29) is 5.91 Å². The first kappa shape index (κ1) is 14.2. The van der Waals surface area contributed by atoms with Gasteiger partial charge in [0.05, 0.1) is 7.11 Å². The van der Waals surface area contributed by atoms with Gasteiger partial charge in [0.2, 0.25) is 0 Å². The largest absolute Gasteiger partial charge is 0.497 e. The van der Waals surface area contributed by atoms with Crippen LogP contribution in [0.15, 0.2) is 36.4 Å². The summed E-state index contributed by atoms with van der Waals surface area (Å²) < 4.78 is 10.9. The van der Waals surface area contributed by atoms with Gasteiger partial charge in [-0.25, -0.2) is 0 Å². The van der Waals surface area contributed by atoms with Crippen molar-refractivity contribution < 1.29 is 14.3 Å². The number of benzene rings is 2. The van der Waals surface area contributed by atoms with Gasteiger partial charge in [0.25, 0.3) is 5.91 Å². The van der Waals surface area contributed by atoms with E-state index in [0.29, 0.717) is 12.3 Å². The minimum Gasteiger partial charge on any atom is -0.497 e. The Labute approximate surface area is 118 Å². The molecule has 1 N–H and O–H groups in total. The number of ether oxygens (including phenoxy) is 2. The summed E-state index contributed by atoms with van der Waals surface area (Å²) in [6, 6.07) is 11.6. The molecule has 0 aliphatic heterocycles. The monoisotopic (exact) mass is 273 g/mol. The smallest absolute Gasteiger partial charge is 0.260 e. The summed E-state index contributed by atoms with van der Waals surface area (Å²) in [6.07, 6.45) is -0.516. The zero-order valence-corrected chi connectivity index (χ0v) is 12.0. The lowest BCUT2D eigenvalue weighted by molar-refractivity contribution is -0.127. The summed E-state index contributed by atoms with van der Waals surface area (Å²) >= 11 is 0. The number of likely N-dealkylation sites (N-methyl/N-ethyl adjacent to an activating group) is 1. The van der Waals surface area contributed by atoms with Crippen LogP contribution >= 0.6 is 0 Å². The van der Waals surface area contributed by atoms with Crippen LogP contribution in [0.25, 0.3) is 10.8 Å². The van der Waals surface area contributed by atoms with Crippen LogP contribution in [0.5, 0.6) is 11.5 Å². The number of hydrogen-bond donors (Lipinski definition) is 1. The lowest BCUT2D eigenvalue weighted by Crippen LogP contribution is -2.36. The maximum atomic E-state index is 11.7. The second-order valence-electron chi connectivity index (χ2n) is 4.53. The maximum Gasteiger partial charge on any atom is 0.260 e. The Morgan fingerprint density at radius 1 is 1.15 bits per heavy atom. The number of carbonyl (C=O) groups is 1. The summed E-state index contributed by atoms with van der Waals surface area (Å²) in [6.45, 7) is 4.22. The highest BCUT2D eigenvalue weighted by Crippen LogP contribution is 2.25. The highest BCUT2D eigenvalue weighted by atomic mass is 16.5. The molecular weight excluding hydrogens is 254 g/mol. The van der Waals surface area contributed by atoms with Gasteiger partial charge in [-0.3, -0.25) is 4.79 Å². The van der Waals surface area contributed by atoms with E-state index in [4.69, 9.17) is 9.47 Å². The topological polar surface area (TPSA) is 47.6 Å². The fraction of sp³-hybridized carbons (Fsp3) is 0.312. The number of hydrogen-bond acceptors (Lipinski definition) is 3. The van der Waals surface area contributed by atoms with Crippen molar-refractivity contribution >= 4 is 16.7 Å². The van der Waals surface area contributed by atoms with Crippen molar-refractivity contribution in [3.05, 3.63) is 36.4 Å². The molecule has 0 saturated heterocycles. The van der Waals surface area contributed by atoms with Gasteiger partial charge < -0.3 is 14.8 Å². The standard InChI is InChI=1S/C16H19NO3/c1-4-17-16(18)11(2)20-15-8-6-12-5-7-14(19-3)9-13(12)10-15/h5-11H,4H2,1-3H3,(H,17,18)/t11-/m1/s1. The number of carbonyl (C=O) groups excluding carboxylic acids is 1. The van der Waals surface area contributed by atoms with Crippen molar-refractivity contribution in [3.63, 3.8) is 0 Å². The van der Waals surface area contributed by atoms with Gasteiger partial charge in [-0.1, -0.05) is 12.1 Å².